The second-order valence-electron chi connectivity index (χ2n) is 5.67. The molecule has 1 aliphatic heterocycles. The van der Waals surface area contributed by atoms with Gasteiger partial charge in [0.15, 0.2) is 0 Å². The molecule has 2 N–H and O–H groups in total. The number of rotatable bonds is 1. The summed E-state index contributed by atoms with van der Waals surface area (Å²) >= 11 is 0. The number of nitrogens with two attached hydrogens (primary N) is 1. The second-order valence-corrected chi connectivity index (χ2v) is 5.67. The first-order valence-corrected chi connectivity index (χ1v) is 5.97. The van der Waals surface area contributed by atoms with E-state index >= 15 is 0 Å². The molecule has 0 aliphatic carbocycles. The first-order chi connectivity index (χ1) is 8.53. The lowest BCUT2D eigenvalue weighted by Crippen LogP contribution is -2.62. The average molecular weight is 272 g/mol. The Hall–Kier alpha value is -1.63. The molecule has 0 bridgehead atoms. The Morgan fingerprint density at radius 3 is 2.37 bits per heavy atom. The zero-order valence-corrected chi connectivity index (χ0v) is 11.9. The SMILES string of the molecule is COC(=O)[C@]1(N)C[C@@H](C)C(=O)N1C(=O)OC(C)(C)C. The van der Waals surface area contributed by atoms with Crippen LogP contribution in [0.4, 0.5) is 4.79 Å². The van der Waals surface area contributed by atoms with Gasteiger partial charge in [0.25, 0.3) is 0 Å². The number of amides is 2. The van der Waals surface area contributed by atoms with E-state index in [2.05, 4.69) is 4.74 Å². The summed E-state index contributed by atoms with van der Waals surface area (Å²) in [5.74, 6) is -1.92. The predicted octanol–water partition coefficient (Wildman–Crippen LogP) is 0.618. The third-order valence-corrected chi connectivity index (χ3v) is 2.77. The summed E-state index contributed by atoms with van der Waals surface area (Å²) in [5.41, 5.74) is 3.30. The summed E-state index contributed by atoms with van der Waals surface area (Å²) in [6.45, 7) is 6.57. The molecule has 108 valence electrons. The molecule has 0 aromatic rings. The molecular formula is C12H20N2O5. The summed E-state index contributed by atoms with van der Waals surface area (Å²) in [5, 5.41) is 0. The van der Waals surface area contributed by atoms with Crippen LogP contribution in [-0.2, 0) is 19.1 Å². The molecule has 1 fully saturated rings. The lowest BCUT2D eigenvalue weighted by Gasteiger charge is -2.32. The molecule has 7 heteroatoms. The third kappa shape index (κ3) is 2.86. The van der Waals surface area contributed by atoms with Gasteiger partial charge in [-0.25, -0.2) is 14.5 Å². The summed E-state index contributed by atoms with van der Waals surface area (Å²) in [7, 11) is 1.15. The van der Waals surface area contributed by atoms with E-state index in [-0.39, 0.29) is 6.42 Å². The van der Waals surface area contributed by atoms with Gasteiger partial charge >= 0.3 is 12.1 Å². The normalized spacial score (nSPS) is 27.4. The Bertz CT molecular complexity index is 415. The lowest BCUT2D eigenvalue weighted by molar-refractivity contribution is -0.156. The quantitative estimate of drug-likeness (QED) is 0.702. The van der Waals surface area contributed by atoms with E-state index in [0.29, 0.717) is 4.90 Å². The molecule has 7 nitrogen and oxygen atoms in total. The Morgan fingerprint density at radius 2 is 1.95 bits per heavy atom. The number of carbonyl (C=O) groups is 3. The van der Waals surface area contributed by atoms with E-state index in [0.717, 1.165) is 7.11 Å². The van der Waals surface area contributed by atoms with Crippen molar-refractivity contribution in [1.29, 1.82) is 0 Å². The number of hydrogen-bond acceptors (Lipinski definition) is 6. The number of methoxy groups -OCH3 is 1. The van der Waals surface area contributed by atoms with E-state index in [1.54, 1.807) is 27.7 Å². The molecule has 0 spiro atoms. The van der Waals surface area contributed by atoms with E-state index in [1.165, 1.54) is 0 Å². The second kappa shape index (κ2) is 4.80. The highest BCUT2D eigenvalue weighted by Gasteiger charge is 2.57. The van der Waals surface area contributed by atoms with Gasteiger partial charge in [0.1, 0.15) is 5.60 Å². The molecular weight excluding hydrogens is 252 g/mol. The Morgan fingerprint density at radius 1 is 1.42 bits per heavy atom. The van der Waals surface area contributed by atoms with Gasteiger partial charge in [0.05, 0.1) is 7.11 Å². The fourth-order valence-corrected chi connectivity index (χ4v) is 1.97. The van der Waals surface area contributed by atoms with E-state index in [9.17, 15) is 14.4 Å². The van der Waals surface area contributed by atoms with Gasteiger partial charge < -0.3 is 9.47 Å². The van der Waals surface area contributed by atoms with Crippen LogP contribution in [-0.4, -0.2) is 41.2 Å². The first-order valence-electron chi connectivity index (χ1n) is 5.97. The zero-order chi connectivity index (χ0) is 15.0. The number of imide groups is 1. The van der Waals surface area contributed by atoms with Crippen LogP contribution in [0.25, 0.3) is 0 Å². The standard InChI is InChI=1S/C12H20N2O5/c1-7-6-12(13,9(16)18-5)14(8(7)15)10(17)19-11(2,3)4/h7H,6,13H2,1-5H3/t7-,12+/m1/s1. The Kier molecular flexibility index (Phi) is 3.90. The molecule has 1 rings (SSSR count). The largest absolute Gasteiger partial charge is 0.466 e. The van der Waals surface area contributed by atoms with E-state index in [1.807, 2.05) is 0 Å². The number of hydrogen-bond donors (Lipinski definition) is 1. The van der Waals surface area contributed by atoms with Crippen LogP contribution in [0.3, 0.4) is 0 Å². The third-order valence-electron chi connectivity index (χ3n) is 2.77. The minimum absolute atomic E-state index is 0.0117. The van der Waals surface area contributed by atoms with Gasteiger partial charge in [-0.05, 0) is 20.8 Å². The molecule has 0 saturated carbocycles. The van der Waals surface area contributed by atoms with Crippen molar-refractivity contribution in [1.82, 2.24) is 4.90 Å². The van der Waals surface area contributed by atoms with Crippen molar-refractivity contribution in [2.45, 2.75) is 45.4 Å². The highest BCUT2D eigenvalue weighted by atomic mass is 16.6. The van der Waals surface area contributed by atoms with Crippen molar-refractivity contribution in [3.63, 3.8) is 0 Å². The summed E-state index contributed by atoms with van der Waals surface area (Å²) in [4.78, 5) is 36.5. The molecule has 0 radical (unpaired) electrons. The number of carbonyl (C=O) groups excluding carboxylic acids is 3. The fraction of sp³-hybridized carbons (Fsp3) is 0.750. The highest BCUT2D eigenvalue weighted by Crippen LogP contribution is 2.32. The molecule has 19 heavy (non-hydrogen) atoms. The molecule has 0 aromatic heterocycles. The van der Waals surface area contributed by atoms with Crippen molar-refractivity contribution in [3.05, 3.63) is 0 Å². The van der Waals surface area contributed by atoms with Gasteiger partial charge in [0.2, 0.25) is 11.6 Å². The molecule has 0 unspecified atom stereocenters. The first kappa shape index (κ1) is 15.4. The van der Waals surface area contributed by atoms with Crippen molar-refractivity contribution >= 4 is 18.0 Å². The van der Waals surface area contributed by atoms with Crippen LogP contribution in [0.2, 0.25) is 0 Å². The van der Waals surface area contributed by atoms with Crippen molar-refractivity contribution in [3.8, 4) is 0 Å². The van der Waals surface area contributed by atoms with Crippen LogP contribution in [0.1, 0.15) is 34.1 Å². The summed E-state index contributed by atoms with van der Waals surface area (Å²) in [6.07, 6.45) is -0.924. The molecule has 2 atom stereocenters. The van der Waals surface area contributed by atoms with Gasteiger partial charge in [-0.3, -0.25) is 10.5 Å². The fourth-order valence-electron chi connectivity index (χ4n) is 1.97. The van der Waals surface area contributed by atoms with Gasteiger partial charge in [-0.1, -0.05) is 6.92 Å². The van der Waals surface area contributed by atoms with Crippen LogP contribution >= 0.6 is 0 Å². The predicted molar refractivity (Wildman–Crippen MR) is 65.8 cm³/mol. The summed E-state index contributed by atoms with van der Waals surface area (Å²) < 4.78 is 9.69. The van der Waals surface area contributed by atoms with Crippen LogP contribution < -0.4 is 5.73 Å². The summed E-state index contributed by atoms with van der Waals surface area (Å²) in [6, 6.07) is 0. The number of ether oxygens (including phenoxy) is 2. The molecule has 1 aliphatic rings. The van der Waals surface area contributed by atoms with E-state index in [4.69, 9.17) is 10.5 Å². The Labute approximate surface area is 112 Å². The minimum Gasteiger partial charge on any atom is -0.466 e. The van der Waals surface area contributed by atoms with Crippen LogP contribution in [0.15, 0.2) is 0 Å². The zero-order valence-electron chi connectivity index (χ0n) is 11.9. The lowest BCUT2D eigenvalue weighted by atomic mass is 10.0. The number of likely N-dealkylation sites (tertiary alicyclic amines) is 1. The van der Waals surface area contributed by atoms with Gasteiger partial charge in [-0.2, -0.15) is 0 Å². The highest BCUT2D eigenvalue weighted by molar-refractivity contribution is 6.02. The number of nitrogens with zero attached hydrogens (tertiary/aromatic N) is 1. The molecule has 2 amide bonds. The topological polar surface area (TPSA) is 98.9 Å². The van der Waals surface area contributed by atoms with E-state index < -0.39 is 35.2 Å². The van der Waals surface area contributed by atoms with Gasteiger partial charge in [0, 0.05) is 12.3 Å². The van der Waals surface area contributed by atoms with Gasteiger partial charge in [-0.15, -0.1) is 0 Å². The Balaban J connectivity index is 3.09. The molecule has 1 saturated heterocycles. The van der Waals surface area contributed by atoms with Crippen LogP contribution in [0.5, 0.6) is 0 Å². The average Bonchev–Trinajstić information content (AvgIpc) is 2.47. The monoisotopic (exact) mass is 272 g/mol. The number of esters is 1. The van der Waals surface area contributed by atoms with Crippen LogP contribution in [0, 0.1) is 5.92 Å². The molecule has 1 heterocycles. The van der Waals surface area contributed by atoms with Crippen molar-refractivity contribution in [2.75, 3.05) is 7.11 Å². The maximum atomic E-state index is 12.0. The van der Waals surface area contributed by atoms with Crippen molar-refractivity contribution < 1.29 is 23.9 Å². The maximum absolute atomic E-state index is 12.0. The minimum atomic E-state index is -1.80. The smallest absolute Gasteiger partial charge is 0.419 e. The van der Waals surface area contributed by atoms with Crippen molar-refractivity contribution in [2.24, 2.45) is 11.7 Å². The molecule has 0 aromatic carbocycles. The maximum Gasteiger partial charge on any atom is 0.419 e.